The summed E-state index contributed by atoms with van der Waals surface area (Å²) in [6.45, 7) is 1.66. The van der Waals surface area contributed by atoms with Crippen LogP contribution in [0.4, 0.5) is 0 Å². The summed E-state index contributed by atoms with van der Waals surface area (Å²) in [4.78, 5) is 13.8. The fraction of sp³-hybridized carbons (Fsp3) is 0.444. The number of hydrogen-bond acceptors (Lipinski definition) is 3. The highest BCUT2D eigenvalue weighted by Crippen LogP contribution is 2.17. The van der Waals surface area contributed by atoms with Crippen molar-refractivity contribution >= 4 is 18.3 Å². The van der Waals surface area contributed by atoms with Crippen LogP contribution in [0.1, 0.15) is 25.0 Å². The van der Waals surface area contributed by atoms with E-state index in [0.29, 0.717) is 6.42 Å². The van der Waals surface area contributed by atoms with Crippen molar-refractivity contribution in [2.45, 2.75) is 25.7 Å². The molecule has 1 amide bonds. The second kappa shape index (κ2) is 10.8. The molecule has 6 heteroatoms. The zero-order valence-corrected chi connectivity index (χ0v) is 15.2. The quantitative estimate of drug-likeness (QED) is 0.683. The van der Waals surface area contributed by atoms with E-state index in [1.807, 2.05) is 37.2 Å². The van der Waals surface area contributed by atoms with Crippen LogP contribution in [0.2, 0.25) is 0 Å². The summed E-state index contributed by atoms with van der Waals surface area (Å²) in [5.41, 5.74) is 3.20. The van der Waals surface area contributed by atoms with Crippen molar-refractivity contribution < 1.29 is 4.79 Å². The molecule has 1 aromatic carbocycles. The van der Waals surface area contributed by atoms with Gasteiger partial charge in [-0.3, -0.25) is 9.89 Å². The zero-order chi connectivity index (χ0) is 16.5. The maximum atomic E-state index is 11.9. The molecule has 0 saturated heterocycles. The minimum Gasteiger partial charge on any atom is -0.346 e. The van der Waals surface area contributed by atoms with Crippen molar-refractivity contribution in [1.29, 1.82) is 0 Å². The predicted octanol–water partition coefficient (Wildman–Crippen LogP) is 2.89. The minimum absolute atomic E-state index is 0. The van der Waals surface area contributed by atoms with Gasteiger partial charge in [0.1, 0.15) is 0 Å². The second-order valence-corrected chi connectivity index (χ2v) is 5.77. The Morgan fingerprint density at radius 2 is 2.00 bits per heavy atom. The van der Waals surface area contributed by atoms with E-state index in [1.165, 1.54) is 0 Å². The van der Waals surface area contributed by atoms with Crippen LogP contribution >= 0.6 is 12.4 Å². The molecule has 0 unspecified atom stereocenters. The number of amides is 1. The van der Waals surface area contributed by atoms with Crippen molar-refractivity contribution in [2.24, 2.45) is 0 Å². The highest BCUT2D eigenvalue weighted by molar-refractivity contribution is 5.85. The molecule has 0 bridgehead atoms. The lowest BCUT2D eigenvalue weighted by Crippen LogP contribution is -2.28. The normalized spacial score (nSPS) is 10.2. The first-order valence-corrected chi connectivity index (χ1v) is 8.19. The summed E-state index contributed by atoms with van der Waals surface area (Å²) in [7, 11) is 3.78. The van der Waals surface area contributed by atoms with Crippen LogP contribution in [-0.4, -0.2) is 48.2 Å². The fourth-order valence-corrected chi connectivity index (χ4v) is 2.49. The van der Waals surface area contributed by atoms with E-state index in [-0.39, 0.29) is 18.3 Å². The van der Waals surface area contributed by atoms with Gasteiger partial charge in [0.2, 0.25) is 5.91 Å². The van der Waals surface area contributed by atoms with E-state index in [0.717, 1.165) is 49.3 Å². The average molecular weight is 351 g/mol. The highest BCUT2D eigenvalue weighted by Gasteiger charge is 2.08. The Morgan fingerprint density at radius 3 is 2.71 bits per heavy atom. The van der Waals surface area contributed by atoms with E-state index in [2.05, 4.69) is 33.7 Å². The van der Waals surface area contributed by atoms with Crippen LogP contribution < -0.4 is 5.32 Å². The number of aromatic amines is 1. The molecule has 0 radical (unpaired) electrons. The first-order valence-electron chi connectivity index (χ1n) is 8.19. The van der Waals surface area contributed by atoms with Crippen LogP contribution in [0.3, 0.4) is 0 Å². The molecule has 5 nitrogen and oxygen atoms in total. The molecule has 1 heterocycles. The Bertz CT molecular complexity index is 600. The number of halogens is 1. The lowest BCUT2D eigenvalue weighted by atomic mass is 10.1. The van der Waals surface area contributed by atoms with E-state index in [1.54, 1.807) is 0 Å². The van der Waals surface area contributed by atoms with E-state index in [9.17, 15) is 4.79 Å². The maximum absolute atomic E-state index is 11.9. The number of benzene rings is 1. The lowest BCUT2D eigenvalue weighted by Gasteiger charge is -2.16. The van der Waals surface area contributed by atoms with Crippen molar-refractivity contribution in [3.05, 3.63) is 42.1 Å². The first-order chi connectivity index (χ1) is 11.2. The van der Waals surface area contributed by atoms with Gasteiger partial charge in [-0.25, -0.2) is 0 Å². The van der Waals surface area contributed by atoms with Gasteiger partial charge in [0, 0.05) is 31.3 Å². The van der Waals surface area contributed by atoms with Gasteiger partial charge in [0.05, 0.1) is 5.69 Å². The van der Waals surface area contributed by atoms with Crippen LogP contribution in [-0.2, 0) is 11.2 Å². The summed E-state index contributed by atoms with van der Waals surface area (Å²) in [6, 6.07) is 12.2. The summed E-state index contributed by atoms with van der Waals surface area (Å²) in [6.07, 6.45) is 3.33. The third kappa shape index (κ3) is 6.34. The Hall–Kier alpha value is -1.85. The summed E-state index contributed by atoms with van der Waals surface area (Å²) < 4.78 is 0. The smallest absolute Gasteiger partial charge is 0.222 e. The summed E-state index contributed by atoms with van der Waals surface area (Å²) in [5, 5.41) is 10.5. The van der Waals surface area contributed by atoms with Crippen LogP contribution in [0, 0.1) is 0 Å². The van der Waals surface area contributed by atoms with Gasteiger partial charge in [-0.05, 0) is 38.9 Å². The van der Waals surface area contributed by atoms with E-state index in [4.69, 9.17) is 0 Å². The standard InChI is InChI=1S/C18H26N4O.ClH/c1-19-12-6-11-18(23)22(2)13-7-10-16-14-17(21-20-16)15-8-4-3-5-9-15;/h3-5,8-9,14,19H,6-7,10-13H2,1-2H3,(H,20,21);1H. The first kappa shape index (κ1) is 20.2. The molecule has 0 fully saturated rings. The van der Waals surface area contributed by atoms with Crippen molar-refractivity contribution in [3.63, 3.8) is 0 Å². The largest absolute Gasteiger partial charge is 0.346 e. The number of nitrogens with zero attached hydrogens (tertiary/aromatic N) is 2. The Morgan fingerprint density at radius 1 is 1.25 bits per heavy atom. The lowest BCUT2D eigenvalue weighted by molar-refractivity contribution is -0.130. The molecule has 0 aliphatic heterocycles. The molecule has 2 aromatic rings. The molecule has 0 spiro atoms. The monoisotopic (exact) mass is 350 g/mol. The van der Waals surface area contributed by atoms with Crippen LogP contribution in [0.5, 0.6) is 0 Å². The third-order valence-electron chi connectivity index (χ3n) is 3.88. The highest BCUT2D eigenvalue weighted by atomic mass is 35.5. The molecule has 2 rings (SSSR count). The predicted molar refractivity (Wildman–Crippen MR) is 100 cm³/mol. The number of carbonyl (C=O) groups excluding carboxylic acids is 1. The number of carbonyl (C=O) groups is 1. The Labute approximate surface area is 150 Å². The number of H-pyrrole nitrogens is 1. The molecular formula is C18H27ClN4O. The van der Waals surface area contributed by atoms with Gasteiger partial charge in [-0.2, -0.15) is 5.10 Å². The molecule has 0 aliphatic rings. The number of rotatable bonds is 9. The summed E-state index contributed by atoms with van der Waals surface area (Å²) >= 11 is 0. The molecular weight excluding hydrogens is 324 g/mol. The SMILES string of the molecule is CNCCCC(=O)N(C)CCCc1cc(-c2ccccc2)n[nH]1.Cl. The van der Waals surface area contributed by atoms with Crippen LogP contribution in [0.25, 0.3) is 11.3 Å². The van der Waals surface area contributed by atoms with Gasteiger partial charge in [-0.15, -0.1) is 12.4 Å². The molecule has 0 saturated carbocycles. The molecule has 0 aliphatic carbocycles. The van der Waals surface area contributed by atoms with Crippen molar-refractivity contribution in [3.8, 4) is 11.3 Å². The second-order valence-electron chi connectivity index (χ2n) is 5.77. The number of aromatic nitrogens is 2. The van der Waals surface area contributed by atoms with Crippen molar-refractivity contribution in [2.75, 3.05) is 27.2 Å². The number of nitrogens with one attached hydrogen (secondary N) is 2. The van der Waals surface area contributed by atoms with Gasteiger partial charge in [0.25, 0.3) is 0 Å². The van der Waals surface area contributed by atoms with Gasteiger partial charge < -0.3 is 10.2 Å². The van der Waals surface area contributed by atoms with Crippen molar-refractivity contribution in [1.82, 2.24) is 20.4 Å². The zero-order valence-electron chi connectivity index (χ0n) is 14.4. The van der Waals surface area contributed by atoms with Gasteiger partial charge >= 0.3 is 0 Å². The van der Waals surface area contributed by atoms with E-state index >= 15 is 0 Å². The number of hydrogen-bond donors (Lipinski definition) is 2. The fourth-order valence-electron chi connectivity index (χ4n) is 2.49. The third-order valence-corrected chi connectivity index (χ3v) is 3.88. The minimum atomic E-state index is 0. The topological polar surface area (TPSA) is 61.0 Å². The summed E-state index contributed by atoms with van der Waals surface area (Å²) in [5.74, 6) is 0.217. The Kier molecular flexibility index (Phi) is 9.12. The number of aryl methyl sites for hydroxylation is 1. The van der Waals surface area contributed by atoms with Gasteiger partial charge in [-0.1, -0.05) is 30.3 Å². The van der Waals surface area contributed by atoms with E-state index < -0.39 is 0 Å². The molecule has 132 valence electrons. The van der Waals surface area contributed by atoms with Crippen LogP contribution in [0.15, 0.2) is 36.4 Å². The Balaban J connectivity index is 0.00000288. The molecule has 1 aromatic heterocycles. The molecule has 0 atom stereocenters. The van der Waals surface area contributed by atoms with Gasteiger partial charge in [0.15, 0.2) is 0 Å². The average Bonchev–Trinajstić information content (AvgIpc) is 3.04. The molecule has 2 N–H and O–H groups in total. The molecule has 24 heavy (non-hydrogen) atoms. The maximum Gasteiger partial charge on any atom is 0.222 e.